The van der Waals surface area contributed by atoms with Gasteiger partial charge >= 0.3 is 5.97 Å². The van der Waals surface area contributed by atoms with Crippen molar-refractivity contribution in [1.82, 2.24) is 4.90 Å². The first-order valence-electron chi connectivity index (χ1n) is 14.1. The van der Waals surface area contributed by atoms with Gasteiger partial charge in [-0.15, -0.1) is 24.9 Å². The van der Waals surface area contributed by atoms with Crippen molar-refractivity contribution in [1.29, 1.82) is 0 Å². The number of esters is 1. The molecule has 3 aliphatic rings. The minimum atomic E-state index is -0.882. The molecule has 0 saturated carbocycles. The number of amides is 2. The molecule has 3 heterocycles. The molecule has 7 atom stereocenters. The second-order valence-electron chi connectivity index (χ2n) is 11.7. The van der Waals surface area contributed by atoms with Crippen LogP contribution in [0.2, 0.25) is 5.02 Å². The van der Waals surface area contributed by atoms with Crippen molar-refractivity contribution in [3.63, 3.8) is 0 Å². The van der Waals surface area contributed by atoms with Crippen LogP contribution >= 0.6 is 23.4 Å². The number of nitrogens with zero attached hydrogens (tertiary/aromatic N) is 2. The fourth-order valence-electron chi connectivity index (χ4n) is 7.09. The van der Waals surface area contributed by atoms with Crippen molar-refractivity contribution in [3.8, 4) is 0 Å². The third-order valence-corrected chi connectivity index (χ3v) is 11.0. The lowest BCUT2D eigenvalue weighted by molar-refractivity contribution is -0.155. The van der Waals surface area contributed by atoms with E-state index in [1.165, 1.54) is 0 Å². The number of fused-ring (bicyclic) bond motifs is 1. The van der Waals surface area contributed by atoms with Gasteiger partial charge in [-0.05, 0) is 49.7 Å². The number of para-hydroxylation sites is 1. The second kappa shape index (κ2) is 12.3. The summed E-state index contributed by atoms with van der Waals surface area (Å²) < 4.78 is 4.77. The number of benzene rings is 1. The summed E-state index contributed by atoms with van der Waals surface area (Å²) >= 11 is 8.25. The minimum absolute atomic E-state index is 0.0102. The van der Waals surface area contributed by atoms with Gasteiger partial charge in [0.1, 0.15) is 6.04 Å². The molecule has 2 bridgehead atoms. The van der Waals surface area contributed by atoms with Crippen LogP contribution in [0.4, 0.5) is 5.69 Å². The number of halogens is 1. The Bertz CT molecular complexity index is 1150. The van der Waals surface area contributed by atoms with Gasteiger partial charge in [-0.3, -0.25) is 14.4 Å². The highest BCUT2D eigenvalue weighted by Gasteiger charge is 2.77. The Morgan fingerprint density at radius 1 is 1.32 bits per heavy atom. The van der Waals surface area contributed by atoms with Crippen molar-refractivity contribution in [3.05, 3.63) is 54.1 Å². The van der Waals surface area contributed by atoms with Crippen molar-refractivity contribution < 1.29 is 24.2 Å². The van der Waals surface area contributed by atoms with Crippen LogP contribution in [0.3, 0.4) is 0 Å². The van der Waals surface area contributed by atoms with E-state index in [9.17, 15) is 19.5 Å². The Hall–Kier alpha value is -2.29. The Balaban J connectivity index is 1.86. The summed E-state index contributed by atoms with van der Waals surface area (Å²) in [5.74, 6) is -2.11. The van der Waals surface area contributed by atoms with E-state index in [1.54, 1.807) is 39.8 Å². The molecule has 1 aromatic carbocycles. The Morgan fingerprint density at radius 3 is 2.65 bits per heavy atom. The van der Waals surface area contributed by atoms with Gasteiger partial charge in [-0.25, -0.2) is 0 Å². The number of hydrogen-bond acceptors (Lipinski definition) is 6. The van der Waals surface area contributed by atoms with Crippen molar-refractivity contribution in [2.24, 2.45) is 23.7 Å². The minimum Gasteiger partial charge on any atom is -0.465 e. The van der Waals surface area contributed by atoms with Crippen LogP contribution in [-0.4, -0.2) is 69.6 Å². The zero-order chi connectivity index (χ0) is 29.4. The summed E-state index contributed by atoms with van der Waals surface area (Å²) in [5.41, 5.74) is 1.41. The van der Waals surface area contributed by atoms with E-state index in [0.29, 0.717) is 30.0 Å². The van der Waals surface area contributed by atoms with Crippen molar-refractivity contribution >= 4 is 46.8 Å². The first kappa shape index (κ1) is 30.7. The molecule has 9 heteroatoms. The average molecular weight is 589 g/mol. The molecule has 3 aliphatic heterocycles. The van der Waals surface area contributed by atoms with Gasteiger partial charge < -0.3 is 19.6 Å². The highest BCUT2D eigenvalue weighted by atomic mass is 35.5. The highest BCUT2D eigenvalue weighted by Crippen LogP contribution is 2.69. The average Bonchev–Trinajstić information content (AvgIpc) is 3.50. The molecular formula is C31H41ClN2O5S. The van der Waals surface area contributed by atoms with E-state index in [2.05, 4.69) is 20.1 Å². The Labute approximate surface area is 246 Å². The van der Waals surface area contributed by atoms with Gasteiger partial charge in [0.15, 0.2) is 0 Å². The number of likely N-dealkylation sites (tertiary alicyclic amines) is 1. The van der Waals surface area contributed by atoms with E-state index < -0.39 is 34.6 Å². The molecule has 1 spiro atoms. The maximum absolute atomic E-state index is 14.9. The van der Waals surface area contributed by atoms with Gasteiger partial charge in [0.2, 0.25) is 5.91 Å². The monoisotopic (exact) mass is 588 g/mol. The van der Waals surface area contributed by atoms with Crippen LogP contribution in [0.5, 0.6) is 0 Å². The first-order valence-corrected chi connectivity index (χ1v) is 15.4. The number of anilines is 1. The lowest BCUT2D eigenvalue weighted by Gasteiger charge is -2.42. The summed E-state index contributed by atoms with van der Waals surface area (Å²) in [4.78, 5) is 46.0. The molecule has 0 aliphatic carbocycles. The normalized spacial score (nSPS) is 29.4. The predicted molar refractivity (Wildman–Crippen MR) is 160 cm³/mol. The number of hydrogen-bond donors (Lipinski definition) is 1. The summed E-state index contributed by atoms with van der Waals surface area (Å²) in [6, 6.07) is 4.03. The number of carbonyl (C=O) groups excluding carboxylic acids is 3. The molecule has 1 N–H and O–H groups in total. The molecule has 0 aromatic heterocycles. The first-order chi connectivity index (χ1) is 19.0. The molecule has 218 valence electrons. The molecule has 3 unspecified atom stereocenters. The van der Waals surface area contributed by atoms with Gasteiger partial charge in [-0.1, -0.05) is 56.7 Å². The summed E-state index contributed by atoms with van der Waals surface area (Å²) in [7, 11) is 0. The van der Waals surface area contributed by atoms with E-state index in [-0.39, 0.29) is 48.7 Å². The lowest BCUT2D eigenvalue weighted by atomic mass is 9.66. The Morgan fingerprint density at radius 2 is 2.05 bits per heavy atom. The largest absolute Gasteiger partial charge is 0.465 e. The number of ether oxygens (including phenoxy) is 1. The molecule has 3 fully saturated rings. The number of carbonyl (C=O) groups is 3. The lowest BCUT2D eigenvalue weighted by Crippen LogP contribution is -2.59. The third-order valence-electron chi connectivity index (χ3n) is 8.64. The molecule has 40 heavy (non-hydrogen) atoms. The molecular weight excluding hydrogens is 548 g/mol. The van der Waals surface area contributed by atoms with Crippen LogP contribution in [0.25, 0.3) is 0 Å². The standard InChI is InChI=1S/C31H41ClN2O5S/c1-7-9-14-39-30(38)24-23-16-20(6)31(40-23)25(24)28(36)34(21(17-35)15-18(3)4)27(31)29(37)33(13-8-2)26-19(5)11-10-12-22(26)32/h7-8,10-12,18,20-21,23-25,27,35H,1-2,9,13-17H2,3-6H3/t20?,21-,23+,24-,25+,27?,31?/m1/s1. The van der Waals surface area contributed by atoms with E-state index in [4.69, 9.17) is 16.3 Å². The van der Waals surface area contributed by atoms with Crippen LogP contribution < -0.4 is 4.90 Å². The number of aliphatic hydroxyl groups excluding tert-OH is 1. The zero-order valence-corrected chi connectivity index (χ0v) is 25.4. The summed E-state index contributed by atoms with van der Waals surface area (Å²) in [6.07, 6.45) is 5.09. The van der Waals surface area contributed by atoms with Gasteiger partial charge in [0, 0.05) is 11.8 Å². The maximum atomic E-state index is 14.9. The molecule has 0 radical (unpaired) electrons. The topological polar surface area (TPSA) is 87.2 Å². The number of thioether (sulfide) groups is 1. The van der Waals surface area contributed by atoms with Crippen LogP contribution in [-0.2, 0) is 19.1 Å². The Kier molecular flexibility index (Phi) is 9.42. The summed E-state index contributed by atoms with van der Waals surface area (Å²) in [5, 5.41) is 10.9. The molecule has 3 saturated heterocycles. The van der Waals surface area contributed by atoms with Crippen LogP contribution in [0.1, 0.15) is 45.6 Å². The highest BCUT2D eigenvalue weighted by molar-refractivity contribution is 8.02. The maximum Gasteiger partial charge on any atom is 0.310 e. The molecule has 4 rings (SSSR count). The van der Waals surface area contributed by atoms with Crippen LogP contribution in [0, 0.1) is 30.6 Å². The van der Waals surface area contributed by atoms with Crippen LogP contribution in [0.15, 0.2) is 43.5 Å². The second-order valence-corrected chi connectivity index (χ2v) is 13.6. The van der Waals surface area contributed by atoms with Gasteiger partial charge in [-0.2, -0.15) is 0 Å². The fraction of sp³-hybridized carbons (Fsp3) is 0.581. The zero-order valence-electron chi connectivity index (χ0n) is 23.8. The van der Waals surface area contributed by atoms with Gasteiger partial charge in [0.05, 0.1) is 46.5 Å². The molecule has 7 nitrogen and oxygen atoms in total. The quantitative estimate of drug-likeness (QED) is 0.209. The fourth-order valence-corrected chi connectivity index (χ4v) is 9.81. The summed E-state index contributed by atoms with van der Waals surface area (Å²) in [6.45, 7) is 15.7. The number of rotatable bonds is 12. The smallest absolute Gasteiger partial charge is 0.310 e. The van der Waals surface area contributed by atoms with Gasteiger partial charge in [0.25, 0.3) is 5.91 Å². The van der Waals surface area contributed by atoms with Crippen molar-refractivity contribution in [2.45, 2.75) is 69.0 Å². The SMILES string of the molecule is C=CCCOC(=O)[C@@H]1[C@@H]2CC(C)C3(S2)C(C(=O)N(CC=C)c2c(C)cccc2Cl)N([C@@H](CO)CC(C)C)C(=O)[C@H]13. The number of aryl methyl sites for hydroxylation is 1. The van der Waals surface area contributed by atoms with E-state index in [1.807, 2.05) is 32.9 Å². The van der Waals surface area contributed by atoms with E-state index >= 15 is 0 Å². The third kappa shape index (κ3) is 5.01. The molecule has 1 aromatic rings. The number of aliphatic hydroxyl groups is 1. The van der Waals surface area contributed by atoms with Crippen molar-refractivity contribution in [2.75, 3.05) is 24.7 Å². The predicted octanol–water partition coefficient (Wildman–Crippen LogP) is 5.03. The molecule has 2 amide bonds. The van der Waals surface area contributed by atoms with E-state index in [0.717, 1.165) is 5.56 Å².